The summed E-state index contributed by atoms with van der Waals surface area (Å²) in [5, 5.41) is 0.358. The number of carbonyl (C=O) groups excluding carboxylic acids is 2. The first-order valence-electron chi connectivity index (χ1n) is 8.97. The van der Waals surface area contributed by atoms with Crippen LogP contribution in [-0.4, -0.2) is 11.8 Å². The molecule has 0 atom stereocenters. The number of benzene rings is 3. The van der Waals surface area contributed by atoms with Crippen LogP contribution in [0.5, 0.6) is 0 Å². The summed E-state index contributed by atoms with van der Waals surface area (Å²) in [5.74, 6) is -0.933. The molecule has 0 N–H and O–H groups in total. The Hall–Kier alpha value is -2.60. The second-order valence-electron chi connectivity index (χ2n) is 6.50. The quantitative estimate of drug-likeness (QED) is 0.418. The molecule has 1 heterocycles. The molecule has 3 nitrogen and oxygen atoms in total. The summed E-state index contributed by atoms with van der Waals surface area (Å²) in [6.07, 6.45) is 0. The van der Waals surface area contributed by atoms with Crippen LogP contribution in [0.1, 0.15) is 11.1 Å². The molecule has 0 fully saturated rings. The summed E-state index contributed by atoms with van der Waals surface area (Å²) in [6, 6.07) is 19.9. The molecule has 1 aliphatic heterocycles. The van der Waals surface area contributed by atoms with Gasteiger partial charge >= 0.3 is 0 Å². The zero-order chi connectivity index (χ0) is 21.3. The molecule has 0 unspecified atom stereocenters. The van der Waals surface area contributed by atoms with Crippen molar-refractivity contribution in [1.82, 2.24) is 0 Å². The summed E-state index contributed by atoms with van der Waals surface area (Å²) < 4.78 is 13.4. The smallest absolute Gasteiger partial charge is 0.268 e. The number of carbonyl (C=O) groups is 2. The van der Waals surface area contributed by atoms with E-state index in [1.165, 1.54) is 36.0 Å². The van der Waals surface area contributed by atoms with Crippen LogP contribution >= 0.6 is 35.0 Å². The molecular weight excluding hydrogens is 444 g/mol. The van der Waals surface area contributed by atoms with Gasteiger partial charge in [0, 0.05) is 5.75 Å². The summed E-state index contributed by atoms with van der Waals surface area (Å²) in [6.45, 7) is 0. The first-order valence-corrected chi connectivity index (χ1v) is 10.7. The Kier molecular flexibility index (Phi) is 5.95. The number of rotatable bonds is 5. The molecule has 0 bridgehead atoms. The van der Waals surface area contributed by atoms with Gasteiger partial charge in [0.15, 0.2) is 0 Å². The number of anilines is 1. The van der Waals surface area contributed by atoms with Crippen LogP contribution in [0.15, 0.2) is 77.7 Å². The van der Waals surface area contributed by atoms with E-state index in [0.717, 1.165) is 10.5 Å². The largest absolute Gasteiger partial charge is 0.272 e. The van der Waals surface area contributed by atoms with Gasteiger partial charge in [0.1, 0.15) is 5.82 Å². The van der Waals surface area contributed by atoms with Crippen molar-refractivity contribution in [1.29, 1.82) is 0 Å². The lowest BCUT2D eigenvalue weighted by molar-refractivity contribution is -0.119. The molecule has 150 valence electrons. The fourth-order valence-corrected chi connectivity index (χ4v) is 4.58. The van der Waals surface area contributed by atoms with E-state index in [1.807, 2.05) is 30.3 Å². The SMILES string of the molecule is O=C1C(SCc2ccccc2)=C(c2ccc(F)cc2)C(=O)N1c1cccc(Cl)c1Cl. The molecule has 30 heavy (non-hydrogen) atoms. The molecule has 3 aromatic carbocycles. The van der Waals surface area contributed by atoms with Crippen molar-refractivity contribution in [2.75, 3.05) is 4.90 Å². The van der Waals surface area contributed by atoms with E-state index in [9.17, 15) is 14.0 Å². The van der Waals surface area contributed by atoms with Gasteiger partial charge < -0.3 is 0 Å². The topological polar surface area (TPSA) is 37.4 Å². The van der Waals surface area contributed by atoms with Crippen molar-refractivity contribution in [3.8, 4) is 0 Å². The molecule has 0 saturated carbocycles. The van der Waals surface area contributed by atoms with Gasteiger partial charge in [0.2, 0.25) is 0 Å². The van der Waals surface area contributed by atoms with Crippen LogP contribution in [0.3, 0.4) is 0 Å². The average Bonchev–Trinajstić information content (AvgIpc) is 2.99. The highest BCUT2D eigenvalue weighted by Crippen LogP contribution is 2.42. The molecule has 0 aliphatic carbocycles. The molecule has 3 aromatic rings. The van der Waals surface area contributed by atoms with E-state index in [0.29, 0.717) is 11.3 Å². The van der Waals surface area contributed by atoms with Crippen molar-refractivity contribution in [3.63, 3.8) is 0 Å². The Balaban J connectivity index is 1.77. The van der Waals surface area contributed by atoms with Crippen LogP contribution in [0, 0.1) is 5.82 Å². The highest BCUT2D eigenvalue weighted by Gasteiger charge is 2.41. The van der Waals surface area contributed by atoms with Gasteiger partial charge in [0.05, 0.1) is 26.2 Å². The van der Waals surface area contributed by atoms with Gasteiger partial charge in [-0.25, -0.2) is 9.29 Å². The summed E-state index contributed by atoms with van der Waals surface area (Å²) in [7, 11) is 0. The molecule has 1 aliphatic rings. The zero-order valence-corrected chi connectivity index (χ0v) is 17.8. The Morgan fingerprint density at radius 1 is 0.833 bits per heavy atom. The van der Waals surface area contributed by atoms with Crippen molar-refractivity contribution in [2.45, 2.75) is 5.75 Å². The third-order valence-corrected chi connectivity index (χ3v) is 6.53. The minimum Gasteiger partial charge on any atom is -0.268 e. The first-order chi connectivity index (χ1) is 14.5. The van der Waals surface area contributed by atoms with E-state index < -0.39 is 17.6 Å². The van der Waals surface area contributed by atoms with Gasteiger partial charge in [-0.2, -0.15) is 0 Å². The lowest BCUT2D eigenvalue weighted by Gasteiger charge is -2.17. The van der Waals surface area contributed by atoms with Gasteiger partial charge in [-0.1, -0.05) is 71.7 Å². The van der Waals surface area contributed by atoms with Crippen molar-refractivity contribution >= 4 is 58.0 Å². The Bertz CT molecular complexity index is 1160. The summed E-state index contributed by atoms with van der Waals surface area (Å²) in [4.78, 5) is 27.9. The van der Waals surface area contributed by atoms with E-state index in [-0.39, 0.29) is 26.2 Å². The maximum absolute atomic E-state index is 13.4. The van der Waals surface area contributed by atoms with Crippen LogP contribution in [0.25, 0.3) is 5.57 Å². The zero-order valence-electron chi connectivity index (χ0n) is 15.4. The molecule has 0 aromatic heterocycles. The highest BCUT2D eigenvalue weighted by molar-refractivity contribution is 8.03. The van der Waals surface area contributed by atoms with Crippen LogP contribution in [-0.2, 0) is 15.3 Å². The predicted octanol–water partition coefficient (Wildman–Crippen LogP) is 6.35. The lowest BCUT2D eigenvalue weighted by Crippen LogP contribution is -2.31. The fourth-order valence-electron chi connectivity index (χ4n) is 3.13. The van der Waals surface area contributed by atoms with E-state index in [2.05, 4.69) is 0 Å². The second kappa shape index (κ2) is 8.64. The van der Waals surface area contributed by atoms with Crippen molar-refractivity contribution < 1.29 is 14.0 Å². The molecule has 4 rings (SSSR count). The Morgan fingerprint density at radius 2 is 1.53 bits per heavy atom. The number of thioether (sulfide) groups is 1. The molecule has 7 heteroatoms. The van der Waals surface area contributed by atoms with E-state index in [4.69, 9.17) is 23.2 Å². The third kappa shape index (κ3) is 3.88. The highest BCUT2D eigenvalue weighted by atomic mass is 35.5. The maximum Gasteiger partial charge on any atom is 0.272 e. The van der Waals surface area contributed by atoms with E-state index in [1.54, 1.807) is 18.2 Å². The molecule has 2 amide bonds. The van der Waals surface area contributed by atoms with Gasteiger partial charge in [-0.15, -0.1) is 11.8 Å². The maximum atomic E-state index is 13.4. The number of imide groups is 1. The van der Waals surface area contributed by atoms with Gasteiger partial charge in [-0.05, 0) is 35.4 Å². The minimum absolute atomic E-state index is 0.119. The third-order valence-electron chi connectivity index (χ3n) is 4.57. The lowest BCUT2D eigenvalue weighted by atomic mass is 10.1. The number of amides is 2. The molecule has 0 saturated heterocycles. The van der Waals surface area contributed by atoms with E-state index >= 15 is 0 Å². The minimum atomic E-state index is -0.522. The number of hydrogen-bond donors (Lipinski definition) is 0. The monoisotopic (exact) mass is 457 g/mol. The first kappa shape index (κ1) is 20.7. The van der Waals surface area contributed by atoms with Crippen molar-refractivity contribution in [2.24, 2.45) is 0 Å². The fraction of sp³-hybridized carbons (Fsp3) is 0.0435. The standard InChI is InChI=1S/C23H14Cl2FNO2S/c24-17-7-4-8-18(20(17)25)27-22(28)19(15-9-11-16(26)12-10-15)21(23(27)29)30-13-14-5-2-1-3-6-14/h1-12H,13H2. The van der Waals surface area contributed by atoms with Crippen LogP contribution in [0.4, 0.5) is 10.1 Å². The number of halogens is 3. The number of nitrogens with zero attached hydrogens (tertiary/aromatic N) is 1. The van der Waals surface area contributed by atoms with Crippen LogP contribution < -0.4 is 4.90 Å². The van der Waals surface area contributed by atoms with Crippen molar-refractivity contribution in [3.05, 3.63) is 105 Å². The predicted molar refractivity (Wildman–Crippen MR) is 120 cm³/mol. The Morgan fingerprint density at radius 3 is 2.23 bits per heavy atom. The molecule has 0 radical (unpaired) electrons. The number of hydrogen-bond acceptors (Lipinski definition) is 3. The van der Waals surface area contributed by atoms with Crippen LogP contribution in [0.2, 0.25) is 10.0 Å². The molecule has 0 spiro atoms. The summed E-state index contributed by atoms with van der Waals surface area (Å²) >= 11 is 13.6. The Labute approximate surface area is 187 Å². The summed E-state index contributed by atoms with van der Waals surface area (Å²) in [5.41, 5.74) is 1.91. The molecular formula is C23H14Cl2FNO2S. The normalized spacial score (nSPS) is 14.0. The average molecular weight is 458 g/mol. The van der Waals surface area contributed by atoms with Gasteiger partial charge in [-0.3, -0.25) is 9.59 Å². The second-order valence-corrected chi connectivity index (χ2v) is 8.27. The van der Waals surface area contributed by atoms with Gasteiger partial charge in [0.25, 0.3) is 11.8 Å².